The summed E-state index contributed by atoms with van der Waals surface area (Å²) in [6, 6.07) is 0. The van der Waals surface area contributed by atoms with Gasteiger partial charge in [0.25, 0.3) is 0 Å². The number of nitrogens with one attached hydrogen (secondary N) is 1. The molecule has 1 aromatic rings. The van der Waals surface area contributed by atoms with Crippen LogP contribution in [0.25, 0.3) is 0 Å². The van der Waals surface area contributed by atoms with Crippen molar-refractivity contribution < 1.29 is 0 Å². The molecule has 0 aliphatic heterocycles. The summed E-state index contributed by atoms with van der Waals surface area (Å²) in [7, 11) is 0. The zero-order chi connectivity index (χ0) is 10.4. The highest BCUT2D eigenvalue weighted by Gasteiger charge is 1.98. The molecular weight excluding hydrogens is 194 g/mol. The number of aromatic nitrogens is 1. The predicted molar refractivity (Wildman–Crippen MR) is 62.9 cm³/mol. The lowest BCUT2D eigenvalue weighted by Crippen LogP contribution is -1.95. The first-order chi connectivity index (χ1) is 6.76. The SMILES string of the molecule is C=C/C=C(\N=C/C)Nc1ncc(C)s1. The van der Waals surface area contributed by atoms with Crippen molar-refractivity contribution in [1.29, 1.82) is 0 Å². The van der Waals surface area contributed by atoms with Crippen LogP contribution in [0.2, 0.25) is 0 Å². The number of rotatable bonds is 4. The molecule has 0 spiro atoms. The van der Waals surface area contributed by atoms with Gasteiger partial charge in [-0.05, 0) is 19.9 Å². The lowest BCUT2D eigenvalue weighted by molar-refractivity contribution is 1.27. The van der Waals surface area contributed by atoms with Crippen LogP contribution in [0.4, 0.5) is 5.13 Å². The third-order valence-corrected chi connectivity index (χ3v) is 2.23. The van der Waals surface area contributed by atoms with Gasteiger partial charge in [0.15, 0.2) is 5.13 Å². The molecule has 1 N–H and O–H groups in total. The molecule has 4 heteroatoms. The van der Waals surface area contributed by atoms with Crippen molar-refractivity contribution in [2.45, 2.75) is 13.8 Å². The Kier molecular flexibility index (Phi) is 4.07. The number of aliphatic imine (C=N–C) groups is 1. The Morgan fingerprint density at radius 3 is 3.00 bits per heavy atom. The van der Waals surface area contributed by atoms with Crippen LogP contribution in [0.1, 0.15) is 11.8 Å². The molecule has 0 bridgehead atoms. The van der Waals surface area contributed by atoms with Gasteiger partial charge in [0.2, 0.25) is 0 Å². The highest BCUT2D eigenvalue weighted by atomic mass is 32.1. The average Bonchev–Trinajstić information content (AvgIpc) is 2.52. The van der Waals surface area contributed by atoms with Gasteiger partial charge in [-0.25, -0.2) is 9.98 Å². The van der Waals surface area contributed by atoms with E-state index in [0.717, 1.165) is 11.0 Å². The summed E-state index contributed by atoms with van der Waals surface area (Å²) in [5.74, 6) is 0.747. The van der Waals surface area contributed by atoms with Gasteiger partial charge in [-0.1, -0.05) is 12.7 Å². The summed E-state index contributed by atoms with van der Waals surface area (Å²) >= 11 is 1.60. The van der Waals surface area contributed by atoms with Gasteiger partial charge < -0.3 is 5.32 Å². The van der Waals surface area contributed by atoms with Gasteiger partial charge in [-0.3, -0.25) is 0 Å². The molecule has 0 saturated heterocycles. The molecule has 0 aliphatic rings. The van der Waals surface area contributed by atoms with Crippen LogP contribution < -0.4 is 5.32 Å². The Balaban J connectivity index is 2.74. The highest BCUT2D eigenvalue weighted by Crippen LogP contribution is 2.18. The Labute approximate surface area is 87.9 Å². The first-order valence-corrected chi connectivity index (χ1v) is 5.08. The molecule has 0 fully saturated rings. The van der Waals surface area contributed by atoms with E-state index in [4.69, 9.17) is 0 Å². The Bertz CT molecular complexity index is 363. The number of hydrogen-bond donors (Lipinski definition) is 1. The van der Waals surface area contributed by atoms with E-state index in [0.29, 0.717) is 0 Å². The minimum atomic E-state index is 0.747. The summed E-state index contributed by atoms with van der Waals surface area (Å²) in [6.07, 6.45) is 7.05. The number of hydrogen-bond acceptors (Lipinski definition) is 4. The standard InChI is InChI=1S/C10H13N3S/c1-4-6-9(11-5-2)13-10-12-7-8(3)14-10/h4-7H,1H2,2-3H3,(H,12,13)/b9-6+,11-5-. The van der Waals surface area contributed by atoms with E-state index in [9.17, 15) is 0 Å². The molecule has 1 rings (SSSR count). The topological polar surface area (TPSA) is 37.3 Å². The molecule has 74 valence electrons. The Hall–Kier alpha value is -1.42. The normalized spacial score (nSPS) is 12.0. The van der Waals surface area contributed by atoms with E-state index in [1.54, 1.807) is 29.7 Å². The van der Waals surface area contributed by atoms with E-state index in [1.165, 1.54) is 4.88 Å². The zero-order valence-corrected chi connectivity index (χ0v) is 9.14. The number of thiazole rings is 1. The lowest BCUT2D eigenvalue weighted by Gasteiger charge is -2.00. The minimum absolute atomic E-state index is 0.747. The number of nitrogens with zero attached hydrogens (tertiary/aromatic N) is 2. The fourth-order valence-electron chi connectivity index (χ4n) is 0.890. The van der Waals surface area contributed by atoms with Crippen molar-refractivity contribution in [3.63, 3.8) is 0 Å². The fourth-order valence-corrected chi connectivity index (χ4v) is 1.56. The molecule has 1 heterocycles. The quantitative estimate of drug-likeness (QED) is 0.608. The van der Waals surface area contributed by atoms with Gasteiger partial charge in [-0.15, -0.1) is 11.3 Å². The molecule has 0 radical (unpaired) electrons. The second kappa shape index (κ2) is 5.34. The zero-order valence-electron chi connectivity index (χ0n) is 8.32. The van der Waals surface area contributed by atoms with Gasteiger partial charge in [0.1, 0.15) is 5.82 Å². The maximum absolute atomic E-state index is 4.18. The third kappa shape index (κ3) is 3.14. The molecule has 3 nitrogen and oxygen atoms in total. The van der Waals surface area contributed by atoms with Crippen molar-refractivity contribution in [1.82, 2.24) is 4.98 Å². The van der Waals surface area contributed by atoms with Crippen LogP contribution in [-0.2, 0) is 0 Å². The first-order valence-electron chi connectivity index (χ1n) is 4.27. The van der Waals surface area contributed by atoms with Crippen LogP contribution in [-0.4, -0.2) is 11.2 Å². The van der Waals surface area contributed by atoms with E-state index in [-0.39, 0.29) is 0 Å². The molecular formula is C10H13N3S. The molecule has 1 aromatic heterocycles. The van der Waals surface area contributed by atoms with Crippen LogP contribution in [0.3, 0.4) is 0 Å². The van der Waals surface area contributed by atoms with Gasteiger partial charge >= 0.3 is 0 Å². The van der Waals surface area contributed by atoms with Gasteiger partial charge in [0.05, 0.1) is 0 Å². The Morgan fingerprint density at radius 2 is 2.50 bits per heavy atom. The maximum Gasteiger partial charge on any atom is 0.188 e. The van der Waals surface area contributed by atoms with Crippen LogP contribution in [0.5, 0.6) is 0 Å². The summed E-state index contributed by atoms with van der Waals surface area (Å²) in [6.45, 7) is 7.51. The number of aryl methyl sites for hydroxylation is 1. The molecule has 0 atom stereocenters. The molecule has 0 aliphatic carbocycles. The lowest BCUT2D eigenvalue weighted by atomic mass is 10.5. The smallest absolute Gasteiger partial charge is 0.188 e. The summed E-state index contributed by atoms with van der Waals surface area (Å²) < 4.78 is 0. The molecule has 0 unspecified atom stereocenters. The van der Waals surface area contributed by atoms with Crippen LogP contribution in [0.15, 0.2) is 35.7 Å². The summed E-state index contributed by atoms with van der Waals surface area (Å²) in [5, 5.41) is 3.95. The van der Waals surface area contributed by atoms with E-state index >= 15 is 0 Å². The van der Waals surface area contributed by atoms with Crippen LogP contribution >= 0.6 is 11.3 Å². The van der Waals surface area contributed by atoms with Gasteiger partial charge in [0, 0.05) is 17.3 Å². The summed E-state index contributed by atoms with van der Waals surface area (Å²) in [5.41, 5.74) is 0. The van der Waals surface area contributed by atoms with E-state index in [1.807, 2.05) is 20.0 Å². The highest BCUT2D eigenvalue weighted by molar-refractivity contribution is 7.15. The first kappa shape index (κ1) is 10.7. The molecule has 0 amide bonds. The second-order valence-corrected chi connectivity index (χ2v) is 3.81. The molecule has 14 heavy (non-hydrogen) atoms. The largest absolute Gasteiger partial charge is 0.316 e. The number of anilines is 1. The van der Waals surface area contributed by atoms with E-state index < -0.39 is 0 Å². The van der Waals surface area contributed by atoms with Crippen molar-refractivity contribution >= 4 is 22.7 Å². The predicted octanol–water partition coefficient (Wildman–Crippen LogP) is 2.98. The molecule has 0 aromatic carbocycles. The second-order valence-electron chi connectivity index (χ2n) is 2.58. The van der Waals surface area contributed by atoms with Crippen molar-refractivity contribution in [2.24, 2.45) is 4.99 Å². The average molecular weight is 207 g/mol. The van der Waals surface area contributed by atoms with Crippen molar-refractivity contribution in [2.75, 3.05) is 5.32 Å². The van der Waals surface area contributed by atoms with E-state index in [2.05, 4.69) is 21.9 Å². The summed E-state index contributed by atoms with van der Waals surface area (Å²) in [4.78, 5) is 9.49. The maximum atomic E-state index is 4.18. The minimum Gasteiger partial charge on any atom is -0.316 e. The monoisotopic (exact) mass is 207 g/mol. The van der Waals surface area contributed by atoms with Crippen molar-refractivity contribution in [3.8, 4) is 0 Å². The van der Waals surface area contributed by atoms with Crippen LogP contribution in [0, 0.1) is 6.92 Å². The van der Waals surface area contributed by atoms with Crippen molar-refractivity contribution in [3.05, 3.63) is 35.6 Å². The number of allylic oxidation sites excluding steroid dienone is 2. The third-order valence-electron chi connectivity index (χ3n) is 1.40. The van der Waals surface area contributed by atoms with Gasteiger partial charge in [-0.2, -0.15) is 0 Å². The fraction of sp³-hybridized carbons (Fsp3) is 0.200. The Morgan fingerprint density at radius 1 is 1.71 bits per heavy atom. The molecule has 0 saturated carbocycles.